The fourth-order valence-corrected chi connectivity index (χ4v) is 1.70. The van der Waals surface area contributed by atoms with Gasteiger partial charge in [-0.05, 0) is 13.0 Å². The van der Waals surface area contributed by atoms with Gasteiger partial charge in [0.1, 0.15) is 11.7 Å². The molecule has 2 rings (SSSR count). The molecule has 18 heavy (non-hydrogen) atoms. The van der Waals surface area contributed by atoms with Crippen molar-refractivity contribution in [2.45, 2.75) is 13.5 Å². The average Bonchev–Trinajstić information content (AvgIpc) is 2.30. The second-order valence-electron chi connectivity index (χ2n) is 3.62. The average molecular weight is 267 g/mol. The van der Waals surface area contributed by atoms with E-state index < -0.39 is 0 Å². The third kappa shape index (κ3) is 2.84. The van der Waals surface area contributed by atoms with Crippen LogP contribution in [0.5, 0.6) is 5.88 Å². The van der Waals surface area contributed by atoms with Crippen molar-refractivity contribution in [3.63, 3.8) is 0 Å². The molecule has 94 valence electrons. The molecular weight excluding hydrogens is 256 g/mol. The Kier molecular flexibility index (Phi) is 3.57. The summed E-state index contributed by atoms with van der Waals surface area (Å²) in [5.41, 5.74) is 0.484. The molecular formula is C11H11ClN4O2. The molecule has 0 saturated carbocycles. The lowest BCUT2D eigenvalue weighted by Gasteiger charge is -2.06. The van der Waals surface area contributed by atoms with E-state index in [2.05, 4.69) is 15.1 Å². The summed E-state index contributed by atoms with van der Waals surface area (Å²) in [6.45, 7) is 1.95. The van der Waals surface area contributed by atoms with Crippen LogP contribution in [-0.4, -0.2) is 26.9 Å². The van der Waals surface area contributed by atoms with Gasteiger partial charge in [-0.3, -0.25) is 4.79 Å². The van der Waals surface area contributed by atoms with Crippen LogP contribution in [0.1, 0.15) is 11.5 Å². The van der Waals surface area contributed by atoms with E-state index in [0.29, 0.717) is 16.9 Å². The van der Waals surface area contributed by atoms with Crippen LogP contribution < -0.4 is 10.3 Å². The van der Waals surface area contributed by atoms with Gasteiger partial charge < -0.3 is 4.74 Å². The molecule has 0 aliphatic rings. The summed E-state index contributed by atoms with van der Waals surface area (Å²) < 4.78 is 6.18. The van der Waals surface area contributed by atoms with Crippen LogP contribution in [0.15, 0.2) is 23.0 Å². The van der Waals surface area contributed by atoms with E-state index in [0.717, 1.165) is 5.69 Å². The van der Waals surface area contributed by atoms with Gasteiger partial charge in [-0.2, -0.15) is 0 Å². The first kappa shape index (κ1) is 12.5. The van der Waals surface area contributed by atoms with Gasteiger partial charge in [0.05, 0.1) is 7.11 Å². The molecule has 2 heterocycles. The summed E-state index contributed by atoms with van der Waals surface area (Å²) in [5, 5.41) is 4.35. The number of aryl methyl sites for hydroxylation is 1. The number of rotatable bonds is 3. The maximum Gasteiger partial charge on any atom is 0.267 e. The Hall–Kier alpha value is -1.95. The topological polar surface area (TPSA) is 69.9 Å². The highest BCUT2D eigenvalue weighted by Crippen LogP contribution is 2.07. The zero-order chi connectivity index (χ0) is 13.1. The van der Waals surface area contributed by atoms with Crippen LogP contribution in [0, 0.1) is 6.92 Å². The van der Waals surface area contributed by atoms with Crippen molar-refractivity contribution in [3.8, 4) is 5.88 Å². The fraction of sp³-hybridized carbons (Fsp3) is 0.273. The summed E-state index contributed by atoms with van der Waals surface area (Å²) in [4.78, 5) is 19.8. The molecule has 7 heteroatoms. The van der Waals surface area contributed by atoms with Crippen molar-refractivity contribution in [2.75, 3.05) is 7.11 Å². The standard InChI is InChI=1S/C11H11ClN4O2/c1-7-5-8(12)14-9(13-7)6-16-11(17)4-3-10(15-16)18-2/h3-5H,6H2,1-2H3. The molecule has 6 nitrogen and oxygen atoms in total. The van der Waals surface area contributed by atoms with E-state index in [-0.39, 0.29) is 12.1 Å². The molecule has 2 aromatic rings. The number of nitrogens with zero attached hydrogens (tertiary/aromatic N) is 4. The van der Waals surface area contributed by atoms with Crippen molar-refractivity contribution in [2.24, 2.45) is 0 Å². The number of hydrogen-bond acceptors (Lipinski definition) is 5. The Balaban J connectivity index is 2.36. The minimum Gasteiger partial charge on any atom is -0.480 e. The zero-order valence-corrected chi connectivity index (χ0v) is 10.7. The van der Waals surface area contributed by atoms with E-state index in [4.69, 9.17) is 16.3 Å². The number of hydrogen-bond donors (Lipinski definition) is 0. The molecule has 0 aromatic carbocycles. The van der Waals surface area contributed by atoms with Crippen LogP contribution in [0.3, 0.4) is 0 Å². The summed E-state index contributed by atoms with van der Waals surface area (Å²) >= 11 is 5.83. The molecule has 0 fully saturated rings. The molecule has 2 aromatic heterocycles. The third-order valence-electron chi connectivity index (χ3n) is 2.21. The lowest BCUT2D eigenvalue weighted by atomic mass is 10.4. The van der Waals surface area contributed by atoms with Gasteiger partial charge in [-0.15, -0.1) is 5.10 Å². The third-order valence-corrected chi connectivity index (χ3v) is 2.41. The van der Waals surface area contributed by atoms with Crippen molar-refractivity contribution in [1.82, 2.24) is 19.7 Å². The van der Waals surface area contributed by atoms with Crippen LogP contribution in [0.2, 0.25) is 5.15 Å². The molecule has 0 bridgehead atoms. The molecule has 0 saturated heterocycles. The predicted octanol–water partition coefficient (Wildman–Crippen LogP) is 1.05. The highest BCUT2D eigenvalue weighted by molar-refractivity contribution is 6.29. The Morgan fingerprint density at radius 1 is 1.39 bits per heavy atom. The van der Waals surface area contributed by atoms with Gasteiger partial charge >= 0.3 is 0 Å². The Morgan fingerprint density at radius 3 is 2.83 bits per heavy atom. The number of aromatic nitrogens is 4. The largest absolute Gasteiger partial charge is 0.480 e. The second kappa shape index (κ2) is 5.14. The van der Waals surface area contributed by atoms with E-state index in [1.54, 1.807) is 13.0 Å². The van der Waals surface area contributed by atoms with Gasteiger partial charge in [0.2, 0.25) is 5.88 Å². The summed E-state index contributed by atoms with van der Waals surface area (Å²) in [5.74, 6) is 0.788. The van der Waals surface area contributed by atoms with Gasteiger partial charge in [-0.25, -0.2) is 14.6 Å². The highest BCUT2D eigenvalue weighted by atomic mass is 35.5. The molecule has 0 unspecified atom stereocenters. The van der Waals surface area contributed by atoms with Crippen LogP contribution in [0.25, 0.3) is 0 Å². The Morgan fingerprint density at radius 2 is 2.17 bits per heavy atom. The van der Waals surface area contributed by atoms with Gasteiger partial charge in [0.25, 0.3) is 5.56 Å². The molecule has 0 radical (unpaired) electrons. The summed E-state index contributed by atoms with van der Waals surface area (Å²) in [6.07, 6.45) is 0. The first-order valence-corrected chi connectivity index (χ1v) is 5.58. The van der Waals surface area contributed by atoms with Crippen molar-refractivity contribution >= 4 is 11.6 Å². The molecule has 0 spiro atoms. The van der Waals surface area contributed by atoms with Gasteiger partial charge in [-0.1, -0.05) is 11.6 Å². The summed E-state index contributed by atoms with van der Waals surface area (Å²) in [6, 6.07) is 4.53. The van der Waals surface area contributed by atoms with Gasteiger partial charge in [0.15, 0.2) is 5.82 Å². The smallest absolute Gasteiger partial charge is 0.267 e. The maximum absolute atomic E-state index is 11.6. The molecule has 0 N–H and O–H groups in total. The van der Waals surface area contributed by atoms with E-state index >= 15 is 0 Å². The lowest BCUT2D eigenvalue weighted by Crippen LogP contribution is -2.23. The van der Waals surface area contributed by atoms with Crippen LogP contribution in [-0.2, 0) is 6.54 Å². The molecule has 0 atom stereocenters. The number of halogens is 1. The first-order chi connectivity index (χ1) is 8.58. The monoisotopic (exact) mass is 266 g/mol. The summed E-state index contributed by atoms with van der Waals surface area (Å²) in [7, 11) is 1.48. The predicted molar refractivity (Wildman–Crippen MR) is 65.9 cm³/mol. The minimum atomic E-state index is -0.253. The van der Waals surface area contributed by atoms with E-state index in [9.17, 15) is 4.79 Å². The Bertz CT molecular complexity index is 606. The fourth-order valence-electron chi connectivity index (χ4n) is 1.45. The number of ether oxygens (including phenoxy) is 1. The normalized spacial score (nSPS) is 10.4. The van der Waals surface area contributed by atoms with Crippen molar-refractivity contribution in [3.05, 3.63) is 45.2 Å². The molecule has 0 aliphatic heterocycles. The maximum atomic E-state index is 11.6. The molecule has 0 amide bonds. The van der Waals surface area contributed by atoms with Gasteiger partial charge in [0, 0.05) is 17.8 Å². The van der Waals surface area contributed by atoms with Crippen LogP contribution in [0.4, 0.5) is 0 Å². The second-order valence-corrected chi connectivity index (χ2v) is 4.01. The highest BCUT2D eigenvalue weighted by Gasteiger charge is 2.05. The SMILES string of the molecule is COc1ccc(=O)n(Cc2nc(C)cc(Cl)n2)n1. The number of methoxy groups -OCH3 is 1. The lowest BCUT2D eigenvalue weighted by molar-refractivity contribution is 0.378. The quantitative estimate of drug-likeness (QED) is 0.777. The van der Waals surface area contributed by atoms with Crippen LogP contribution >= 0.6 is 11.6 Å². The zero-order valence-electron chi connectivity index (χ0n) is 9.92. The van der Waals surface area contributed by atoms with Crippen molar-refractivity contribution in [1.29, 1.82) is 0 Å². The first-order valence-electron chi connectivity index (χ1n) is 5.20. The van der Waals surface area contributed by atoms with Crippen molar-refractivity contribution < 1.29 is 4.74 Å². The minimum absolute atomic E-state index is 0.150. The Labute approximate surface area is 108 Å². The van der Waals surface area contributed by atoms with E-state index in [1.807, 2.05) is 0 Å². The van der Waals surface area contributed by atoms with E-state index in [1.165, 1.54) is 23.9 Å². The molecule has 0 aliphatic carbocycles.